The Hall–Kier alpha value is -3.69. The lowest BCUT2D eigenvalue weighted by Gasteiger charge is -2.26. The van der Waals surface area contributed by atoms with Crippen molar-refractivity contribution in [2.45, 2.75) is 39.8 Å². The van der Waals surface area contributed by atoms with Crippen molar-refractivity contribution in [2.75, 3.05) is 12.4 Å². The van der Waals surface area contributed by atoms with Gasteiger partial charge in [0.2, 0.25) is 0 Å². The Balaban J connectivity index is 1.85. The molecule has 0 fully saturated rings. The molecule has 1 aromatic heterocycles. The van der Waals surface area contributed by atoms with Crippen LogP contribution >= 0.6 is 22.9 Å². The van der Waals surface area contributed by atoms with Crippen molar-refractivity contribution in [3.8, 4) is 5.75 Å². The Labute approximate surface area is 221 Å². The smallest absolute Gasteiger partial charge is 0.338 e. The topological polar surface area (TPSA) is 99.0 Å². The second-order valence-electron chi connectivity index (χ2n) is 9.12. The molecule has 2 aromatic carbocycles. The number of carbonyl (C=O) groups is 2. The number of allylic oxidation sites excluding steroid dienone is 1. The summed E-state index contributed by atoms with van der Waals surface area (Å²) < 4.78 is 12.8. The van der Waals surface area contributed by atoms with E-state index >= 15 is 0 Å². The molecule has 10 heteroatoms. The van der Waals surface area contributed by atoms with Crippen LogP contribution in [0.15, 0.2) is 57.5 Å². The van der Waals surface area contributed by atoms with Crippen molar-refractivity contribution in [1.82, 2.24) is 4.57 Å². The van der Waals surface area contributed by atoms with Crippen LogP contribution in [-0.2, 0) is 14.3 Å². The monoisotopic (exact) mass is 537 g/mol. The van der Waals surface area contributed by atoms with Crippen LogP contribution in [0.5, 0.6) is 5.75 Å². The Morgan fingerprint density at radius 1 is 1.16 bits per heavy atom. The molecular formula is C27H24ClN3O5S. The molecule has 0 bridgehead atoms. The maximum absolute atomic E-state index is 14.1. The van der Waals surface area contributed by atoms with E-state index in [2.05, 4.69) is 10.3 Å². The molecule has 1 amide bonds. The lowest BCUT2D eigenvalue weighted by molar-refractivity contribution is -0.143. The van der Waals surface area contributed by atoms with Gasteiger partial charge >= 0.3 is 5.97 Å². The summed E-state index contributed by atoms with van der Waals surface area (Å²) in [5.74, 6) is -0.518. The molecule has 8 nitrogen and oxygen atoms in total. The largest absolute Gasteiger partial charge is 0.496 e. The van der Waals surface area contributed by atoms with E-state index in [0.29, 0.717) is 38.1 Å². The van der Waals surface area contributed by atoms with E-state index in [4.69, 9.17) is 21.1 Å². The number of nitrogens with one attached hydrogen (secondary N) is 1. The van der Waals surface area contributed by atoms with E-state index in [-0.39, 0.29) is 27.7 Å². The maximum Gasteiger partial charge on any atom is 0.338 e. The Morgan fingerprint density at radius 2 is 1.92 bits per heavy atom. The van der Waals surface area contributed by atoms with Gasteiger partial charge in [-0.1, -0.05) is 34.6 Å². The quantitative estimate of drug-likeness (QED) is 0.514. The summed E-state index contributed by atoms with van der Waals surface area (Å²) >= 11 is 7.46. The summed E-state index contributed by atoms with van der Waals surface area (Å²) in [6.07, 6.45) is -0.386. The molecule has 0 saturated heterocycles. The van der Waals surface area contributed by atoms with E-state index in [1.165, 1.54) is 11.7 Å². The minimum Gasteiger partial charge on any atom is -0.496 e. The van der Waals surface area contributed by atoms with Gasteiger partial charge in [0, 0.05) is 21.8 Å². The van der Waals surface area contributed by atoms with E-state index in [1.54, 1.807) is 39.0 Å². The number of nitrogens with zero attached hydrogens (tertiary/aromatic N) is 2. The van der Waals surface area contributed by atoms with Crippen LogP contribution in [-0.4, -0.2) is 29.7 Å². The zero-order valence-electron chi connectivity index (χ0n) is 20.8. The zero-order valence-corrected chi connectivity index (χ0v) is 22.4. The number of fused-ring (bicyclic) bond motifs is 2. The number of aromatic nitrogens is 1. The van der Waals surface area contributed by atoms with Crippen molar-refractivity contribution in [2.24, 2.45) is 4.99 Å². The number of aryl methyl sites for hydroxylation is 1. The molecule has 190 valence electrons. The molecule has 2 aliphatic heterocycles. The molecule has 0 radical (unpaired) electrons. The highest BCUT2D eigenvalue weighted by Gasteiger charge is 2.37. The standard InChI is InChI=1S/C27H24ClN3O5S/c1-12(2)36-26(34)20-14(4)29-27-31(22(20)17-11-15(28)7-9-19(17)35-5)25(33)23(37-27)21-16-10-13(3)6-8-18(16)30-24(21)32/h6-12,22H,1-5H3,(H,30,32)/b23-21+/t22-/m0/s1. The fraction of sp³-hybridized carbons (Fsp3) is 0.259. The number of ether oxygens (including phenoxy) is 2. The average molecular weight is 538 g/mol. The van der Waals surface area contributed by atoms with Crippen LogP contribution in [0, 0.1) is 6.92 Å². The summed E-state index contributed by atoms with van der Waals surface area (Å²) in [6.45, 7) is 7.11. The third-order valence-electron chi connectivity index (χ3n) is 6.19. The van der Waals surface area contributed by atoms with Crippen LogP contribution in [0.1, 0.15) is 43.5 Å². The van der Waals surface area contributed by atoms with E-state index < -0.39 is 17.6 Å². The predicted molar refractivity (Wildman–Crippen MR) is 142 cm³/mol. The maximum atomic E-state index is 14.1. The molecule has 1 atom stereocenters. The van der Waals surface area contributed by atoms with Crippen LogP contribution in [0.3, 0.4) is 0 Å². The molecule has 1 N–H and O–H groups in total. The molecule has 0 unspecified atom stereocenters. The second-order valence-corrected chi connectivity index (χ2v) is 10.5. The van der Waals surface area contributed by atoms with Gasteiger partial charge in [0.15, 0.2) is 4.80 Å². The second kappa shape index (κ2) is 9.32. The van der Waals surface area contributed by atoms with Gasteiger partial charge < -0.3 is 14.8 Å². The lowest BCUT2D eigenvalue weighted by atomic mass is 9.95. The molecule has 37 heavy (non-hydrogen) atoms. The molecule has 3 heterocycles. The molecule has 2 aliphatic rings. The summed E-state index contributed by atoms with van der Waals surface area (Å²) in [7, 11) is 1.50. The van der Waals surface area contributed by atoms with E-state index in [1.807, 2.05) is 25.1 Å². The average Bonchev–Trinajstić information content (AvgIpc) is 3.32. The fourth-order valence-corrected chi connectivity index (χ4v) is 5.95. The van der Waals surface area contributed by atoms with Crippen molar-refractivity contribution in [3.63, 3.8) is 0 Å². The number of hydrogen-bond donors (Lipinski definition) is 1. The van der Waals surface area contributed by atoms with Crippen molar-refractivity contribution >= 4 is 46.1 Å². The van der Waals surface area contributed by atoms with Crippen LogP contribution in [0.4, 0.5) is 5.69 Å². The van der Waals surface area contributed by atoms with Gasteiger partial charge in [0.25, 0.3) is 11.5 Å². The van der Waals surface area contributed by atoms with Gasteiger partial charge in [-0.2, -0.15) is 0 Å². The molecule has 0 spiro atoms. The Bertz CT molecular complexity index is 1700. The Kier molecular flexibility index (Phi) is 6.29. The van der Waals surface area contributed by atoms with Crippen LogP contribution < -0.4 is 24.9 Å². The van der Waals surface area contributed by atoms with Gasteiger partial charge in [0.05, 0.1) is 30.1 Å². The third-order valence-corrected chi connectivity index (χ3v) is 7.48. The molecular weight excluding hydrogens is 514 g/mol. The molecule has 0 aliphatic carbocycles. The lowest BCUT2D eigenvalue weighted by Crippen LogP contribution is -2.41. The van der Waals surface area contributed by atoms with Crippen molar-refractivity contribution < 1.29 is 19.1 Å². The number of esters is 1. The van der Waals surface area contributed by atoms with Gasteiger partial charge in [0.1, 0.15) is 16.3 Å². The van der Waals surface area contributed by atoms with Gasteiger partial charge in [-0.05, 0) is 58.0 Å². The van der Waals surface area contributed by atoms with Gasteiger partial charge in [-0.15, -0.1) is 0 Å². The first-order valence-corrected chi connectivity index (χ1v) is 12.8. The first-order chi connectivity index (χ1) is 17.6. The number of methoxy groups -OCH3 is 1. The number of amides is 1. The Morgan fingerprint density at radius 3 is 2.62 bits per heavy atom. The van der Waals surface area contributed by atoms with Gasteiger partial charge in [-0.3, -0.25) is 14.2 Å². The minimum atomic E-state index is -0.924. The van der Waals surface area contributed by atoms with E-state index in [9.17, 15) is 14.4 Å². The van der Waals surface area contributed by atoms with Crippen molar-refractivity contribution in [3.05, 3.63) is 89.1 Å². The highest BCUT2D eigenvalue weighted by Crippen LogP contribution is 2.38. The van der Waals surface area contributed by atoms with Crippen molar-refractivity contribution in [1.29, 1.82) is 0 Å². The number of anilines is 1. The highest BCUT2D eigenvalue weighted by molar-refractivity contribution is 7.07. The first-order valence-electron chi connectivity index (χ1n) is 11.6. The molecule has 3 aromatic rings. The number of benzene rings is 2. The number of halogens is 1. The third kappa shape index (κ3) is 4.18. The summed E-state index contributed by atoms with van der Waals surface area (Å²) in [4.78, 5) is 45.4. The number of hydrogen-bond acceptors (Lipinski definition) is 7. The summed E-state index contributed by atoms with van der Waals surface area (Å²) in [5.41, 5.74) is 3.20. The molecule has 0 saturated carbocycles. The minimum absolute atomic E-state index is 0.199. The zero-order chi connectivity index (χ0) is 26.6. The SMILES string of the molecule is COc1ccc(Cl)cc1[C@H]1C(C(=O)OC(C)C)=C(C)N=c2s/c(=C3/C(=O)Nc4ccc(C)cc43)c(=O)n21. The number of thiazole rings is 1. The predicted octanol–water partition coefficient (Wildman–Crippen LogP) is 3.48. The van der Waals surface area contributed by atoms with Crippen LogP contribution in [0.25, 0.3) is 5.57 Å². The first kappa shape index (κ1) is 25.0. The highest BCUT2D eigenvalue weighted by atomic mass is 35.5. The van der Waals surface area contributed by atoms with E-state index in [0.717, 1.165) is 16.9 Å². The van der Waals surface area contributed by atoms with Crippen LogP contribution in [0.2, 0.25) is 5.02 Å². The number of rotatable bonds is 4. The normalized spacial score (nSPS) is 17.8. The fourth-order valence-electron chi connectivity index (χ4n) is 4.63. The van der Waals surface area contributed by atoms with Gasteiger partial charge in [-0.25, -0.2) is 9.79 Å². The summed E-state index contributed by atoms with van der Waals surface area (Å²) in [5, 5.41) is 3.25. The number of carbonyl (C=O) groups excluding carboxylic acids is 2. The summed E-state index contributed by atoms with van der Waals surface area (Å²) in [6, 6.07) is 9.66. The molecule has 5 rings (SSSR count).